The maximum absolute atomic E-state index is 5.14. The quantitative estimate of drug-likeness (QED) is 0.658. The van der Waals surface area contributed by atoms with Crippen molar-refractivity contribution in [2.45, 2.75) is 13.0 Å². The van der Waals surface area contributed by atoms with E-state index in [4.69, 9.17) is 4.52 Å². The van der Waals surface area contributed by atoms with E-state index in [0.717, 1.165) is 16.6 Å². The Morgan fingerprint density at radius 2 is 2.33 bits per heavy atom. The topological polar surface area (TPSA) is 51.0 Å². The minimum Gasteiger partial charge on any atom is -0.338 e. The molecule has 0 aliphatic heterocycles. The highest BCUT2D eigenvalue weighted by atomic mass is 79.9. The fourth-order valence-electron chi connectivity index (χ4n) is 1.54. The van der Waals surface area contributed by atoms with Crippen LogP contribution in [0.5, 0.6) is 0 Å². The van der Waals surface area contributed by atoms with E-state index in [-0.39, 0.29) is 0 Å². The number of nitrogens with zero attached hydrogens (tertiary/aromatic N) is 2. The molecule has 0 aliphatic carbocycles. The number of nitrogens with one attached hydrogen (secondary N) is 1. The normalized spacial score (nSPS) is 10.5. The Kier molecular flexibility index (Phi) is 4.66. The molecule has 0 radical (unpaired) electrons. The van der Waals surface area contributed by atoms with E-state index < -0.39 is 0 Å². The fraction of sp³-hybridized carbons (Fsp3) is 0.231. The summed E-state index contributed by atoms with van der Waals surface area (Å²) in [4.78, 5) is 4.32. The third kappa shape index (κ3) is 3.78. The Hall–Kier alpha value is -1.46. The summed E-state index contributed by atoms with van der Waals surface area (Å²) in [5.41, 5.74) is 1.15. The van der Waals surface area contributed by atoms with Crippen molar-refractivity contribution in [3.63, 3.8) is 0 Å². The molecular formula is C13H14BrN3O. The van der Waals surface area contributed by atoms with Gasteiger partial charge in [-0.2, -0.15) is 4.98 Å². The van der Waals surface area contributed by atoms with Crippen molar-refractivity contribution in [3.8, 4) is 0 Å². The van der Waals surface area contributed by atoms with Crippen molar-refractivity contribution in [3.05, 3.63) is 58.7 Å². The lowest BCUT2D eigenvalue weighted by molar-refractivity contribution is 0.366. The molecule has 1 N–H and O–H groups in total. The second-order valence-electron chi connectivity index (χ2n) is 3.83. The lowest BCUT2D eigenvalue weighted by Crippen LogP contribution is -2.12. The first-order valence-electron chi connectivity index (χ1n) is 5.65. The van der Waals surface area contributed by atoms with Gasteiger partial charge in [-0.15, -0.1) is 6.58 Å². The van der Waals surface area contributed by atoms with Crippen LogP contribution in [0.1, 0.15) is 17.3 Å². The van der Waals surface area contributed by atoms with E-state index >= 15 is 0 Å². The third-order valence-electron chi connectivity index (χ3n) is 2.33. The first kappa shape index (κ1) is 13.0. The van der Waals surface area contributed by atoms with E-state index in [1.54, 1.807) is 6.08 Å². The van der Waals surface area contributed by atoms with Gasteiger partial charge < -0.3 is 9.84 Å². The largest absolute Gasteiger partial charge is 0.338 e. The molecule has 0 unspecified atom stereocenters. The molecule has 1 aromatic heterocycles. The van der Waals surface area contributed by atoms with Crippen LogP contribution < -0.4 is 5.32 Å². The Morgan fingerprint density at radius 3 is 3.11 bits per heavy atom. The van der Waals surface area contributed by atoms with E-state index in [1.165, 1.54) is 0 Å². The van der Waals surface area contributed by atoms with Crippen LogP contribution in [0.3, 0.4) is 0 Å². The number of hydrogen-bond donors (Lipinski definition) is 1. The van der Waals surface area contributed by atoms with E-state index in [1.807, 2.05) is 24.3 Å². The predicted octanol–water partition coefficient (Wildman–Crippen LogP) is 2.70. The molecule has 94 valence electrons. The maximum atomic E-state index is 5.14. The lowest BCUT2D eigenvalue weighted by Gasteiger charge is -1.97. The molecule has 0 spiro atoms. The van der Waals surface area contributed by atoms with Gasteiger partial charge in [-0.05, 0) is 17.7 Å². The molecule has 0 aliphatic rings. The first-order chi connectivity index (χ1) is 8.78. The van der Waals surface area contributed by atoms with Crippen LogP contribution in [-0.4, -0.2) is 16.7 Å². The SMILES string of the molecule is C=CCNCc1nc(Cc2cccc(Br)c2)no1. The van der Waals surface area contributed by atoms with Crippen LogP contribution in [0, 0.1) is 0 Å². The maximum Gasteiger partial charge on any atom is 0.240 e. The van der Waals surface area contributed by atoms with Gasteiger partial charge in [0.2, 0.25) is 5.89 Å². The van der Waals surface area contributed by atoms with Crippen LogP contribution >= 0.6 is 15.9 Å². The van der Waals surface area contributed by atoms with E-state index in [9.17, 15) is 0 Å². The van der Waals surface area contributed by atoms with Gasteiger partial charge in [0, 0.05) is 17.4 Å². The Morgan fingerprint density at radius 1 is 1.44 bits per heavy atom. The van der Waals surface area contributed by atoms with Crippen LogP contribution in [0.4, 0.5) is 0 Å². The summed E-state index contributed by atoms with van der Waals surface area (Å²) >= 11 is 3.44. The minimum absolute atomic E-state index is 0.567. The van der Waals surface area contributed by atoms with E-state index in [2.05, 4.69) is 38.0 Å². The molecule has 0 amide bonds. The summed E-state index contributed by atoms with van der Waals surface area (Å²) < 4.78 is 6.20. The first-order valence-corrected chi connectivity index (χ1v) is 6.45. The van der Waals surface area contributed by atoms with Crippen molar-refractivity contribution in [2.75, 3.05) is 6.54 Å². The van der Waals surface area contributed by atoms with Crippen LogP contribution in [0.2, 0.25) is 0 Å². The summed E-state index contributed by atoms with van der Waals surface area (Å²) in [6.45, 7) is 4.92. The van der Waals surface area contributed by atoms with Crippen LogP contribution in [0.25, 0.3) is 0 Å². The molecule has 0 saturated carbocycles. The molecule has 1 aromatic carbocycles. The highest BCUT2D eigenvalue weighted by Gasteiger charge is 2.06. The van der Waals surface area contributed by atoms with Gasteiger partial charge in [0.05, 0.1) is 6.54 Å². The average molecular weight is 308 g/mol. The fourth-order valence-corrected chi connectivity index (χ4v) is 1.99. The van der Waals surface area contributed by atoms with Gasteiger partial charge in [0.1, 0.15) is 0 Å². The van der Waals surface area contributed by atoms with Gasteiger partial charge in [-0.25, -0.2) is 0 Å². The zero-order valence-corrected chi connectivity index (χ0v) is 11.5. The smallest absolute Gasteiger partial charge is 0.240 e. The number of hydrogen-bond acceptors (Lipinski definition) is 4. The van der Waals surface area contributed by atoms with Crippen molar-refractivity contribution in [2.24, 2.45) is 0 Å². The molecule has 0 fully saturated rings. The Balaban J connectivity index is 1.96. The summed E-state index contributed by atoms with van der Waals surface area (Å²) in [6.07, 6.45) is 2.46. The molecule has 1 heterocycles. The number of aromatic nitrogens is 2. The van der Waals surface area contributed by atoms with Gasteiger partial charge in [-0.3, -0.25) is 0 Å². The second kappa shape index (κ2) is 6.47. The number of benzene rings is 1. The minimum atomic E-state index is 0.567. The number of rotatable bonds is 6. The summed E-state index contributed by atoms with van der Waals surface area (Å²) in [7, 11) is 0. The zero-order valence-electron chi connectivity index (χ0n) is 9.90. The highest BCUT2D eigenvalue weighted by molar-refractivity contribution is 9.10. The van der Waals surface area contributed by atoms with Crippen molar-refractivity contribution < 1.29 is 4.52 Å². The van der Waals surface area contributed by atoms with Crippen molar-refractivity contribution in [1.29, 1.82) is 0 Å². The van der Waals surface area contributed by atoms with Crippen LogP contribution in [-0.2, 0) is 13.0 Å². The lowest BCUT2D eigenvalue weighted by atomic mass is 10.1. The molecule has 2 aromatic rings. The Labute approximate surface area is 114 Å². The monoisotopic (exact) mass is 307 g/mol. The zero-order chi connectivity index (χ0) is 12.8. The van der Waals surface area contributed by atoms with Gasteiger partial charge in [-0.1, -0.05) is 39.3 Å². The second-order valence-corrected chi connectivity index (χ2v) is 4.75. The highest BCUT2D eigenvalue weighted by Crippen LogP contribution is 2.14. The van der Waals surface area contributed by atoms with E-state index in [0.29, 0.717) is 24.7 Å². The molecular weight excluding hydrogens is 294 g/mol. The van der Waals surface area contributed by atoms with Gasteiger partial charge in [0.25, 0.3) is 0 Å². The summed E-state index contributed by atoms with van der Waals surface area (Å²) in [6, 6.07) is 8.07. The summed E-state index contributed by atoms with van der Waals surface area (Å²) in [5, 5.41) is 7.07. The Bertz CT molecular complexity index is 524. The molecule has 18 heavy (non-hydrogen) atoms. The van der Waals surface area contributed by atoms with Gasteiger partial charge in [0.15, 0.2) is 5.82 Å². The molecule has 0 bridgehead atoms. The van der Waals surface area contributed by atoms with Gasteiger partial charge >= 0.3 is 0 Å². The standard InChI is InChI=1S/C13H14BrN3O/c1-2-6-15-9-13-16-12(17-18-13)8-10-4-3-5-11(14)7-10/h2-5,7,15H,1,6,8-9H2. The molecule has 5 heteroatoms. The molecule has 4 nitrogen and oxygen atoms in total. The molecule has 0 saturated heterocycles. The average Bonchev–Trinajstić information content (AvgIpc) is 2.77. The van der Waals surface area contributed by atoms with Crippen molar-refractivity contribution >= 4 is 15.9 Å². The molecule has 0 atom stereocenters. The third-order valence-corrected chi connectivity index (χ3v) is 2.82. The van der Waals surface area contributed by atoms with Crippen LogP contribution in [0.15, 0.2) is 45.9 Å². The number of halogens is 1. The van der Waals surface area contributed by atoms with Crippen molar-refractivity contribution in [1.82, 2.24) is 15.5 Å². The predicted molar refractivity (Wildman–Crippen MR) is 73.1 cm³/mol. The summed E-state index contributed by atoms with van der Waals surface area (Å²) in [5.74, 6) is 1.30. The molecule has 2 rings (SSSR count).